The monoisotopic (exact) mass is 207 g/mol. The molecule has 0 saturated heterocycles. The second kappa shape index (κ2) is 6.53. The number of hydrogen-bond donors (Lipinski definition) is 1. The lowest BCUT2D eigenvalue weighted by Crippen LogP contribution is -2.23. The highest BCUT2D eigenvalue weighted by Crippen LogP contribution is 2.10. The standard InChI is InChI=1S/C12H21N3/c1-15(2)7-5-11(9-13)8-12-4-3-6-14-10-12/h3-4,6,10-11H,5,7-9,13H2,1-2H3. The third-order valence-corrected chi connectivity index (χ3v) is 2.57. The average Bonchev–Trinajstić information content (AvgIpc) is 2.25. The highest BCUT2D eigenvalue weighted by atomic mass is 15.0. The van der Waals surface area contributed by atoms with E-state index in [0.717, 1.165) is 25.9 Å². The zero-order valence-electron chi connectivity index (χ0n) is 9.69. The molecule has 0 radical (unpaired) electrons. The van der Waals surface area contributed by atoms with Crippen LogP contribution in [0.4, 0.5) is 0 Å². The molecule has 0 spiro atoms. The van der Waals surface area contributed by atoms with E-state index in [-0.39, 0.29) is 0 Å². The molecule has 0 amide bonds. The van der Waals surface area contributed by atoms with Crippen LogP contribution in [0.2, 0.25) is 0 Å². The summed E-state index contributed by atoms with van der Waals surface area (Å²) in [6, 6.07) is 4.10. The highest BCUT2D eigenvalue weighted by molar-refractivity contribution is 5.09. The van der Waals surface area contributed by atoms with E-state index in [9.17, 15) is 0 Å². The third-order valence-electron chi connectivity index (χ3n) is 2.57. The number of nitrogens with zero attached hydrogens (tertiary/aromatic N) is 2. The molecule has 84 valence electrons. The fraction of sp³-hybridized carbons (Fsp3) is 0.583. The normalized spacial score (nSPS) is 13.1. The third kappa shape index (κ3) is 4.91. The molecule has 0 aliphatic carbocycles. The van der Waals surface area contributed by atoms with E-state index >= 15 is 0 Å². The molecule has 0 saturated carbocycles. The Balaban J connectivity index is 2.40. The van der Waals surface area contributed by atoms with Crippen molar-refractivity contribution in [2.45, 2.75) is 12.8 Å². The predicted molar refractivity (Wildman–Crippen MR) is 63.7 cm³/mol. The van der Waals surface area contributed by atoms with Crippen LogP contribution >= 0.6 is 0 Å². The number of aromatic nitrogens is 1. The molecule has 1 aromatic rings. The fourth-order valence-electron chi connectivity index (χ4n) is 1.60. The summed E-state index contributed by atoms with van der Waals surface area (Å²) in [5.74, 6) is 0.566. The summed E-state index contributed by atoms with van der Waals surface area (Å²) in [5.41, 5.74) is 7.05. The van der Waals surface area contributed by atoms with Gasteiger partial charge in [0.25, 0.3) is 0 Å². The lowest BCUT2D eigenvalue weighted by molar-refractivity contribution is 0.351. The molecule has 2 N–H and O–H groups in total. The van der Waals surface area contributed by atoms with Crippen LogP contribution in [0.1, 0.15) is 12.0 Å². The minimum absolute atomic E-state index is 0.566. The van der Waals surface area contributed by atoms with Crippen LogP contribution in [0.3, 0.4) is 0 Å². The van der Waals surface area contributed by atoms with Crippen LogP contribution in [0.25, 0.3) is 0 Å². The van der Waals surface area contributed by atoms with Gasteiger partial charge in [-0.15, -0.1) is 0 Å². The van der Waals surface area contributed by atoms with Crippen LogP contribution in [-0.4, -0.2) is 37.1 Å². The van der Waals surface area contributed by atoms with Crippen molar-refractivity contribution in [1.82, 2.24) is 9.88 Å². The van der Waals surface area contributed by atoms with Crippen LogP contribution in [-0.2, 0) is 6.42 Å². The first-order chi connectivity index (χ1) is 7.22. The Morgan fingerprint density at radius 1 is 1.47 bits per heavy atom. The quantitative estimate of drug-likeness (QED) is 0.761. The minimum Gasteiger partial charge on any atom is -0.330 e. The van der Waals surface area contributed by atoms with E-state index in [0.29, 0.717) is 5.92 Å². The average molecular weight is 207 g/mol. The summed E-state index contributed by atoms with van der Waals surface area (Å²) in [5, 5.41) is 0. The maximum absolute atomic E-state index is 5.77. The molecule has 0 aromatic carbocycles. The minimum atomic E-state index is 0.566. The van der Waals surface area contributed by atoms with E-state index < -0.39 is 0 Å². The van der Waals surface area contributed by atoms with Gasteiger partial charge in [0.1, 0.15) is 0 Å². The molecule has 1 rings (SSSR count). The summed E-state index contributed by atoms with van der Waals surface area (Å²) < 4.78 is 0. The van der Waals surface area contributed by atoms with Crippen molar-refractivity contribution in [2.75, 3.05) is 27.2 Å². The van der Waals surface area contributed by atoms with Crippen molar-refractivity contribution in [1.29, 1.82) is 0 Å². The molecule has 15 heavy (non-hydrogen) atoms. The molecule has 1 atom stereocenters. The second-order valence-electron chi connectivity index (χ2n) is 4.26. The van der Waals surface area contributed by atoms with Crippen molar-refractivity contribution in [3.05, 3.63) is 30.1 Å². The molecular formula is C12H21N3. The molecule has 0 fully saturated rings. The molecule has 0 aliphatic heterocycles. The molecule has 0 bridgehead atoms. The Morgan fingerprint density at radius 2 is 2.27 bits per heavy atom. The van der Waals surface area contributed by atoms with Gasteiger partial charge in [-0.25, -0.2) is 0 Å². The first kappa shape index (κ1) is 12.1. The molecular weight excluding hydrogens is 186 g/mol. The Morgan fingerprint density at radius 3 is 2.80 bits per heavy atom. The Bertz CT molecular complexity index is 259. The van der Waals surface area contributed by atoms with E-state index in [2.05, 4.69) is 30.0 Å². The van der Waals surface area contributed by atoms with Crippen molar-refractivity contribution in [3.8, 4) is 0 Å². The molecule has 1 aromatic heterocycles. The van der Waals surface area contributed by atoms with Gasteiger partial charge in [-0.3, -0.25) is 4.98 Å². The van der Waals surface area contributed by atoms with Crippen molar-refractivity contribution in [3.63, 3.8) is 0 Å². The Kier molecular flexibility index (Phi) is 5.29. The van der Waals surface area contributed by atoms with Gasteiger partial charge in [0.2, 0.25) is 0 Å². The maximum Gasteiger partial charge on any atom is 0.0299 e. The van der Waals surface area contributed by atoms with E-state index in [4.69, 9.17) is 5.73 Å². The SMILES string of the molecule is CN(C)CCC(CN)Cc1cccnc1. The number of pyridine rings is 1. The topological polar surface area (TPSA) is 42.1 Å². The largest absolute Gasteiger partial charge is 0.330 e. The number of nitrogens with two attached hydrogens (primary N) is 1. The van der Waals surface area contributed by atoms with E-state index in [1.54, 1.807) is 6.20 Å². The van der Waals surface area contributed by atoms with Gasteiger partial charge >= 0.3 is 0 Å². The fourth-order valence-corrected chi connectivity index (χ4v) is 1.60. The molecule has 3 nitrogen and oxygen atoms in total. The molecule has 3 heteroatoms. The zero-order valence-corrected chi connectivity index (χ0v) is 9.69. The zero-order chi connectivity index (χ0) is 11.1. The van der Waals surface area contributed by atoms with E-state index in [1.807, 2.05) is 12.3 Å². The summed E-state index contributed by atoms with van der Waals surface area (Å²) in [6.07, 6.45) is 5.93. The van der Waals surface area contributed by atoms with Crippen LogP contribution in [0, 0.1) is 5.92 Å². The molecule has 1 unspecified atom stereocenters. The van der Waals surface area contributed by atoms with Gasteiger partial charge < -0.3 is 10.6 Å². The van der Waals surface area contributed by atoms with Gasteiger partial charge in [0.15, 0.2) is 0 Å². The van der Waals surface area contributed by atoms with Gasteiger partial charge in [0.05, 0.1) is 0 Å². The van der Waals surface area contributed by atoms with Crippen LogP contribution < -0.4 is 5.73 Å². The summed E-state index contributed by atoms with van der Waals surface area (Å²) in [7, 11) is 4.19. The number of hydrogen-bond acceptors (Lipinski definition) is 3. The summed E-state index contributed by atoms with van der Waals surface area (Å²) >= 11 is 0. The lowest BCUT2D eigenvalue weighted by atomic mass is 9.97. The summed E-state index contributed by atoms with van der Waals surface area (Å²) in [4.78, 5) is 6.32. The van der Waals surface area contributed by atoms with Gasteiger partial charge in [-0.2, -0.15) is 0 Å². The number of rotatable bonds is 6. The van der Waals surface area contributed by atoms with Gasteiger partial charge in [-0.05, 0) is 57.6 Å². The second-order valence-corrected chi connectivity index (χ2v) is 4.26. The van der Waals surface area contributed by atoms with Crippen molar-refractivity contribution >= 4 is 0 Å². The first-order valence-corrected chi connectivity index (χ1v) is 5.46. The maximum atomic E-state index is 5.77. The highest BCUT2D eigenvalue weighted by Gasteiger charge is 2.08. The smallest absolute Gasteiger partial charge is 0.0299 e. The Hall–Kier alpha value is -0.930. The summed E-state index contributed by atoms with van der Waals surface area (Å²) in [6.45, 7) is 1.85. The predicted octanol–water partition coefficient (Wildman–Crippen LogP) is 1.15. The van der Waals surface area contributed by atoms with Gasteiger partial charge in [-0.1, -0.05) is 6.07 Å². The van der Waals surface area contributed by atoms with Gasteiger partial charge in [0, 0.05) is 12.4 Å². The van der Waals surface area contributed by atoms with Crippen molar-refractivity contribution < 1.29 is 0 Å². The van der Waals surface area contributed by atoms with Crippen LogP contribution in [0.15, 0.2) is 24.5 Å². The molecule has 0 aliphatic rings. The Labute approximate surface area is 92.3 Å². The van der Waals surface area contributed by atoms with E-state index in [1.165, 1.54) is 5.56 Å². The lowest BCUT2D eigenvalue weighted by Gasteiger charge is -2.17. The van der Waals surface area contributed by atoms with Crippen molar-refractivity contribution in [2.24, 2.45) is 11.7 Å². The first-order valence-electron chi connectivity index (χ1n) is 5.46. The molecule has 1 heterocycles. The van der Waals surface area contributed by atoms with Crippen LogP contribution in [0.5, 0.6) is 0 Å².